The van der Waals surface area contributed by atoms with Crippen LogP contribution in [0.5, 0.6) is 5.75 Å². The van der Waals surface area contributed by atoms with Crippen LogP contribution in [0.1, 0.15) is 25.6 Å². The van der Waals surface area contributed by atoms with Crippen molar-refractivity contribution in [3.63, 3.8) is 0 Å². The van der Waals surface area contributed by atoms with Gasteiger partial charge in [-0.25, -0.2) is 12.8 Å². The van der Waals surface area contributed by atoms with E-state index >= 15 is 0 Å². The average molecular weight is 432 g/mol. The van der Waals surface area contributed by atoms with Crippen molar-refractivity contribution >= 4 is 10.0 Å². The van der Waals surface area contributed by atoms with Gasteiger partial charge in [-0.05, 0) is 43.2 Å². The van der Waals surface area contributed by atoms with Gasteiger partial charge in [0.05, 0.1) is 12.7 Å². The normalized spacial score (nSPS) is 17.0. The molecule has 2 aromatic heterocycles. The van der Waals surface area contributed by atoms with E-state index in [4.69, 9.17) is 9.26 Å². The molecule has 1 saturated heterocycles. The topological polar surface area (TPSA) is 98.4 Å². The Morgan fingerprint density at radius 2 is 2.00 bits per heavy atom. The van der Waals surface area contributed by atoms with Gasteiger partial charge in [0.2, 0.25) is 10.0 Å². The lowest BCUT2D eigenvalue weighted by Gasteiger charge is -2.36. The van der Waals surface area contributed by atoms with E-state index in [2.05, 4.69) is 15.1 Å². The number of rotatable bonds is 5. The van der Waals surface area contributed by atoms with Gasteiger partial charge >= 0.3 is 0 Å². The second kappa shape index (κ2) is 7.77. The van der Waals surface area contributed by atoms with Crippen molar-refractivity contribution in [3.05, 3.63) is 54.4 Å². The van der Waals surface area contributed by atoms with Gasteiger partial charge in [-0.2, -0.15) is 9.29 Å². The molecule has 10 heteroatoms. The summed E-state index contributed by atoms with van der Waals surface area (Å²) >= 11 is 0. The van der Waals surface area contributed by atoms with E-state index in [1.165, 1.54) is 23.5 Å². The Morgan fingerprint density at radius 1 is 1.23 bits per heavy atom. The molecule has 1 fully saturated rings. The molecule has 1 aliphatic rings. The number of sulfonamides is 1. The molecule has 158 valence electrons. The first kappa shape index (κ1) is 20.4. The molecule has 0 spiro atoms. The molecule has 4 rings (SSSR count). The highest BCUT2D eigenvalue weighted by Crippen LogP contribution is 2.37. The summed E-state index contributed by atoms with van der Waals surface area (Å²) in [5, 5.41) is 4.12. The van der Waals surface area contributed by atoms with Crippen LogP contribution in [0.2, 0.25) is 0 Å². The minimum absolute atomic E-state index is 0.115. The first-order chi connectivity index (χ1) is 14.3. The van der Waals surface area contributed by atoms with Crippen LogP contribution >= 0.6 is 0 Å². The molecular weight excluding hydrogens is 411 g/mol. The quantitative estimate of drug-likeness (QED) is 0.611. The molecule has 0 N–H and O–H groups in total. The van der Waals surface area contributed by atoms with Gasteiger partial charge in [0.25, 0.3) is 5.89 Å². The van der Waals surface area contributed by atoms with Crippen LogP contribution in [0.4, 0.5) is 4.39 Å². The highest BCUT2D eigenvalue weighted by molar-refractivity contribution is 7.89. The number of ether oxygens (including phenoxy) is 1. The molecule has 0 radical (unpaired) electrons. The SMILES string of the molecule is COc1ccc(F)cc1S(=O)(=O)N1CCC(C)(c2noc(-c3cccnc3)n2)CC1. The fourth-order valence-electron chi connectivity index (χ4n) is 3.51. The number of halogens is 1. The Hall–Kier alpha value is -2.85. The average Bonchev–Trinajstić information content (AvgIpc) is 3.26. The summed E-state index contributed by atoms with van der Waals surface area (Å²) in [4.78, 5) is 8.38. The molecule has 3 heterocycles. The number of piperidine rings is 1. The van der Waals surface area contributed by atoms with Gasteiger partial charge in [0, 0.05) is 30.9 Å². The first-order valence-corrected chi connectivity index (χ1v) is 10.9. The van der Waals surface area contributed by atoms with Crippen molar-refractivity contribution in [2.24, 2.45) is 0 Å². The van der Waals surface area contributed by atoms with Crippen LogP contribution in [0.25, 0.3) is 11.5 Å². The van der Waals surface area contributed by atoms with E-state index in [0.29, 0.717) is 24.6 Å². The smallest absolute Gasteiger partial charge is 0.259 e. The number of hydrogen-bond acceptors (Lipinski definition) is 7. The van der Waals surface area contributed by atoms with Gasteiger partial charge in [-0.3, -0.25) is 4.98 Å². The van der Waals surface area contributed by atoms with Crippen molar-refractivity contribution in [1.82, 2.24) is 19.4 Å². The summed E-state index contributed by atoms with van der Waals surface area (Å²) in [5.41, 5.74) is 0.278. The second-order valence-corrected chi connectivity index (χ2v) is 9.33. The largest absolute Gasteiger partial charge is 0.495 e. The lowest BCUT2D eigenvalue weighted by atomic mass is 9.80. The fraction of sp³-hybridized carbons (Fsp3) is 0.350. The predicted octanol–water partition coefficient (Wildman–Crippen LogP) is 3.02. The van der Waals surface area contributed by atoms with E-state index in [-0.39, 0.29) is 23.7 Å². The summed E-state index contributed by atoms with van der Waals surface area (Å²) in [5.74, 6) is 0.385. The lowest BCUT2D eigenvalue weighted by molar-refractivity contribution is 0.233. The van der Waals surface area contributed by atoms with Crippen LogP contribution in [-0.2, 0) is 15.4 Å². The third-order valence-electron chi connectivity index (χ3n) is 5.44. The lowest BCUT2D eigenvalue weighted by Crippen LogP contribution is -2.44. The van der Waals surface area contributed by atoms with Gasteiger partial charge in [-0.15, -0.1) is 0 Å². The molecule has 0 bridgehead atoms. The number of nitrogens with zero attached hydrogens (tertiary/aromatic N) is 4. The highest BCUT2D eigenvalue weighted by atomic mass is 32.2. The third kappa shape index (κ3) is 3.68. The zero-order chi connectivity index (χ0) is 21.4. The Bertz CT molecular complexity index is 1140. The molecule has 0 aliphatic carbocycles. The van der Waals surface area contributed by atoms with Crippen molar-refractivity contribution in [1.29, 1.82) is 0 Å². The van der Waals surface area contributed by atoms with Crippen molar-refractivity contribution in [2.45, 2.75) is 30.1 Å². The van der Waals surface area contributed by atoms with Gasteiger partial charge in [0.1, 0.15) is 16.5 Å². The van der Waals surface area contributed by atoms with Crippen LogP contribution in [-0.4, -0.2) is 48.0 Å². The summed E-state index contributed by atoms with van der Waals surface area (Å²) < 4.78 is 51.7. The minimum Gasteiger partial charge on any atom is -0.495 e. The Labute approximate surface area is 173 Å². The number of aromatic nitrogens is 3. The summed E-state index contributed by atoms with van der Waals surface area (Å²) in [6.07, 6.45) is 4.29. The maximum absolute atomic E-state index is 13.7. The minimum atomic E-state index is -3.90. The molecule has 1 aromatic carbocycles. The summed E-state index contributed by atoms with van der Waals surface area (Å²) in [6.45, 7) is 2.47. The zero-order valence-electron chi connectivity index (χ0n) is 16.6. The number of methoxy groups -OCH3 is 1. The maximum Gasteiger partial charge on any atom is 0.259 e. The van der Waals surface area contributed by atoms with E-state index in [0.717, 1.165) is 11.6 Å². The van der Waals surface area contributed by atoms with Crippen LogP contribution < -0.4 is 4.74 Å². The van der Waals surface area contributed by atoms with E-state index < -0.39 is 21.3 Å². The molecule has 0 amide bonds. The highest BCUT2D eigenvalue weighted by Gasteiger charge is 2.40. The monoisotopic (exact) mass is 432 g/mol. The Balaban J connectivity index is 1.54. The maximum atomic E-state index is 13.7. The Kier molecular flexibility index (Phi) is 5.29. The molecule has 0 saturated carbocycles. The van der Waals surface area contributed by atoms with Crippen LogP contribution in [0.15, 0.2) is 52.1 Å². The summed E-state index contributed by atoms with van der Waals surface area (Å²) in [7, 11) is -2.54. The van der Waals surface area contributed by atoms with Crippen molar-refractivity contribution < 1.29 is 22.1 Å². The molecule has 8 nitrogen and oxygen atoms in total. The fourth-order valence-corrected chi connectivity index (χ4v) is 5.12. The molecular formula is C20H21FN4O4S. The summed E-state index contributed by atoms with van der Waals surface area (Å²) in [6, 6.07) is 7.08. The molecule has 0 unspecified atom stereocenters. The number of hydrogen-bond donors (Lipinski definition) is 0. The van der Waals surface area contributed by atoms with E-state index in [1.54, 1.807) is 18.5 Å². The van der Waals surface area contributed by atoms with Crippen LogP contribution in [0.3, 0.4) is 0 Å². The third-order valence-corrected chi connectivity index (χ3v) is 7.36. The Morgan fingerprint density at radius 3 is 2.67 bits per heavy atom. The van der Waals surface area contributed by atoms with Crippen molar-refractivity contribution in [2.75, 3.05) is 20.2 Å². The molecule has 1 aliphatic heterocycles. The standard InChI is InChI=1S/C20H21FN4O4S/c1-20(19-23-18(29-24-19)14-4-3-9-22-13-14)7-10-25(11-8-20)30(26,27)17-12-15(21)5-6-16(17)28-2/h3-6,9,12-13H,7-8,10-11H2,1-2H3. The van der Waals surface area contributed by atoms with Crippen LogP contribution in [0, 0.1) is 5.82 Å². The predicted molar refractivity (Wildman–Crippen MR) is 106 cm³/mol. The van der Waals surface area contributed by atoms with E-state index in [1.807, 2.05) is 13.0 Å². The van der Waals surface area contributed by atoms with E-state index in [9.17, 15) is 12.8 Å². The number of benzene rings is 1. The van der Waals surface area contributed by atoms with Gasteiger partial charge in [-0.1, -0.05) is 12.1 Å². The van der Waals surface area contributed by atoms with Gasteiger partial charge in [0.15, 0.2) is 5.82 Å². The zero-order valence-corrected chi connectivity index (χ0v) is 17.4. The molecule has 3 aromatic rings. The number of pyridine rings is 1. The second-order valence-electron chi connectivity index (χ2n) is 7.42. The van der Waals surface area contributed by atoms with Crippen molar-refractivity contribution in [3.8, 4) is 17.2 Å². The molecule has 30 heavy (non-hydrogen) atoms. The van der Waals surface area contributed by atoms with Gasteiger partial charge < -0.3 is 9.26 Å². The first-order valence-electron chi connectivity index (χ1n) is 9.42. The molecule has 0 atom stereocenters.